The SMILES string of the molecule is O=C(CCN1CCC[C@H]1c1ccsc1)Nc1ccc(N2CCOCC2)cc1. The average Bonchev–Trinajstić information content (AvgIpc) is 3.39. The van der Waals surface area contributed by atoms with E-state index in [0.717, 1.165) is 45.1 Å². The third kappa shape index (κ3) is 4.69. The number of likely N-dealkylation sites (tertiary alicyclic amines) is 1. The Balaban J connectivity index is 1.26. The summed E-state index contributed by atoms with van der Waals surface area (Å²) in [5, 5.41) is 7.41. The highest BCUT2D eigenvalue weighted by molar-refractivity contribution is 7.07. The predicted octanol–water partition coefficient (Wildman–Crippen LogP) is 3.75. The van der Waals surface area contributed by atoms with Gasteiger partial charge < -0.3 is 15.0 Å². The van der Waals surface area contributed by atoms with Crippen molar-refractivity contribution in [2.45, 2.75) is 25.3 Å². The molecule has 0 spiro atoms. The lowest BCUT2D eigenvalue weighted by molar-refractivity contribution is -0.116. The zero-order chi connectivity index (χ0) is 18.5. The van der Waals surface area contributed by atoms with Gasteiger partial charge in [0.25, 0.3) is 0 Å². The molecule has 144 valence electrons. The van der Waals surface area contributed by atoms with Gasteiger partial charge in [-0.2, -0.15) is 11.3 Å². The van der Waals surface area contributed by atoms with Gasteiger partial charge in [0.05, 0.1) is 13.2 Å². The molecule has 0 unspecified atom stereocenters. The predicted molar refractivity (Wildman–Crippen MR) is 111 cm³/mol. The number of ether oxygens (including phenoxy) is 1. The van der Waals surface area contributed by atoms with Crippen LogP contribution in [0.4, 0.5) is 11.4 Å². The number of thiophene rings is 1. The minimum absolute atomic E-state index is 0.0880. The largest absolute Gasteiger partial charge is 0.378 e. The molecule has 1 aromatic heterocycles. The monoisotopic (exact) mass is 385 g/mol. The molecular weight excluding hydrogens is 358 g/mol. The number of carbonyl (C=O) groups excluding carboxylic acids is 1. The van der Waals surface area contributed by atoms with Crippen molar-refractivity contribution in [1.82, 2.24) is 4.90 Å². The molecule has 6 heteroatoms. The van der Waals surface area contributed by atoms with Crippen molar-refractivity contribution in [2.75, 3.05) is 49.6 Å². The number of nitrogens with zero attached hydrogens (tertiary/aromatic N) is 2. The van der Waals surface area contributed by atoms with Crippen LogP contribution in [0.15, 0.2) is 41.1 Å². The molecule has 4 rings (SSSR count). The summed E-state index contributed by atoms with van der Waals surface area (Å²) < 4.78 is 5.40. The van der Waals surface area contributed by atoms with Crippen LogP contribution in [0.2, 0.25) is 0 Å². The normalized spacial score (nSPS) is 20.7. The molecule has 2 saturated heterocycles. The Kier molecular flexibility index (Phi) is 6.07. The molecular formula is C21H27N3O2S. The Hall–Kier alpha value is -1.89. The van der Waals surface area contributed by atoms with Crippen LogP contribution in [-0.2, 0) is 9.53 Å². The summed E-state index contributed by atoms with van der Waals surface area (Å²) in [6, 6.07) is 10.8. The van der Waals surface area contributed by atoms with Gasteiger partial charge >= 0.3 is 0 Å². The third-order valence-electron chi connectivity index (χ3n) is 5.44. The van der Waals surface area contributed by atoms with E-state index in [1.54, 1.807) is 11.3 Å². The number of amides is 1. The van der Waals surface area contributed by atoms with Crippen LogP contribution < -0.4 is 10.2 Å². The second-order valence-corrected chi connectivity index (χ2v) is 7.98. The van der Waals surface area contributed by atoms with Crippen molar-refractivity contribution in [3.05, 3.63) is 46.7 Å². The highest BCUT2D eigenvalue weighted by atomic mass is 32.1. The first-order chi connectivity index (χ1) is 13.3. The van der Waals surface area contributed by atoms with E-state index in [1.165, 1.54) is 24.1 Å². The molecule has 3 heterocycles. The van der Waals surface area contributed by atoms with Gasteiger partial charge in [0.1, 0.15) is 0 Å². The maximum atomic E-state index is 12.4. The van der Waals surface area contributed by atoms with Crippen molar-refractivity contribution in [3.63, 3.8) is 0 Å². The zero-order valence-electron chi connectivity index (χ0n) is 15.6. The Morgan fingerprint density at radius 1 is 1.15 bits per heavy atom. The molecule has 2 aliphatic heterocycles. The maximum absolute atomic E-state index is 12.4. The number of rotatable bonds is 6. The summed E-state index contributed by atoms with van der Waals surface area (Å²) >= 11 is 1.75. The van der Waals surface area contributed by atoms with Crippen molar-refractivity contribution in [3.8, 4) is 0 Å². The molecule has 2 fully saturated rings. The fourth-order valence-electron chi connectivity index (χ4n) is 3.98. The summed E-state index contributed by atoms with van der Waals surface area (Å²) in [5.74, 6) is 0.0880. The Morgan fingerprint density at radius 3 is 2.70 bits per heavy atom. The van der Waals surface area contributed by atoms with Crippen LogP contribution in [0, 0.1) is 0 Å². The molecule has 2 aliphatic rings. The Bertz CT molecular complexity index is 726. The average molecular weight is 386 g/mol. The molecule has 1 amide bonds. The van der Waals surface area contributed by atoms with E-state index in [0.29, 0.717) is 12.5 Å². The molecule has 1 atom stereocenters. The molecule has 1 aromatic carbocycles. The molecule has 1 N–H and O–H groups in total. The highest BCUT2D eigenvalue weighted by Crippen LogP contribution is 2.33. The van der Waals surface area contributed by atoms with E-state index >= 15 is 0 Å². The van der Waals surface area contributed by atoms with E-state index in [4.69, 9.17) is 4.74 Å². The van der Waals surface area contributed by atoms with E-state index in [-0.39, 0.29) is 5.91 Å². The molecule has 0 radical (unpaired) electrons. The quantitative estimate of drug-likeness (QED) is 0.823. The van der Waals surface area contributed by atoms with Gasteiger partial charge in [0.15, 0.2) is 0 Å². The number of nitrogens with one attached hydrogen (secondary N) is 1. The summed E-state index contributed by atoms with van der Waals surface area (Å²) in [6.07, 6.45) is 2.94. The minimum Gasteiger partial charge on any atom is -0.378 e. The van der Waals surface area contributed by atoms with Crippen LogP contribution in [0.25, 0.3) is 0 Å². The lowest BCUT2D eigenvalue weighted by Gasteiger charge is -2.28. The van der Waals surface area contributed by atoms with Crippen LogP contribution >= 0.6 is 11.3 Å². The highest BCUT2D eigenvalue weighted by Gasteiger charge is 2.26. The van der Waals surface area contributed by atoms with Crippen molar-refractivity contribution < 1.29 is 9.53 Å². The zero-order valence-corrected chi connectivity index (χ0v) is 16.4. The fourth-order valence-corrected chi connectivity index (χ4v) is 4.69. The third-order valence-corrected chi connectivity index (χ3v) is 6.15. The van der Waals surface area contributed by atoms with Gasteiger partial charge in [-0.05, 0) is 66.0 Å². The van der Waals surface area contributed by atoms with Gasteiger partial charge in [-0.1, -0.05) is 0 Å². The summed E-state index contributed by atoms with van der Waals surface area (Å²) in [4.78, 5) is 17.1. The molecule has 0 saturated carbocycles. The summed E-state index contributed by atoms with van der Waals surface area (Å²) in [7, 11) is 0. The van der Waals surface area contributed by atoms with E-state index < -0.39 is 0 Å². The van der Waals surface area contributed by atoms with Gasteiger partial charge in [0, 0.05) is 43.5 Å². The molecule has 5 nitrogen and oxygen atoms in total. The number of morpholine rings is 1. The molecule has 27 heavy (non-hydrogen) atoms. The van der Waals surface area contributed by atoms with Gasteiger partial charge in [-0.15, -0.1) is 0 Å². The fraction of sp³-hybridized carbons (Fsp3) is 0.476. The van der Waals surface area contributed by atoms with E-state index in [9.17, 15) is 4.79 Å². The number of benzene rings is 1. The van der Waals surface area contributed by atoms with Crippen LogP contribution in [0.3, 0.4) is 0 Å². The van der Waals surface area contributed by atoms with Crippen LogP contribution in [0.5, 0.6) is 0 Å². The van der Waals surface area contributed by atoms with Crippen LogP contribution in [-0.4, -0.2) is 50.2 Å². The second kappa shape index (κ2) is 8.87. The van der Waals surface area contributed by atoms with Gasteiger partial charge in [0.2, 0.25) is 5.91 Å². The Morgan fingerprint density at radius 2 is 1.96 bits per heavy atom. The van der Waals surface area contributed by atoms with Gasteiger partial charge in [-0.3, -0.25) is 9.69 Å². The maximum Gasteiger partial charge on any atom is 0.225 e. The lowest BCUT2D eigenvalue weighted by atomic mass is 10.1. The minimum atomic E-state index is 0.0880. The van der Waals surface area contributed by atoms with Gasteiger partial charge in [-0.25, -0.2) is 0 Å². The van der Waals surface area contributed by atoms with Crippen molar-refractivity contribution in [1.29, 1.82) is 0 Å². The summed E-state index contributed by atoms with van der Waals surface area (Å²) in [6.45, 7) is 5.31. The number of carbonyl (C=O) groups is 1. The Labute approximate surface area is 164 Å². The first-order valence-electron chi connectivity index (χ1n) is 9.78. The first-order valence-corrected chi connectivity index (χ1v) is 10.7. The number of hydrogen-bond donors (Lipinski definition) is 1. The second-order valence-electron chi connectivity index (χ2n) is 7.20. The number of anilines is 2. The molecule has 0 bridgehead atoms. The molecule has 2 aromatic rings. The topological polar surface area (TPSA) is 44.8 Å². The van der Waals surface area contributed by atoms with Crippen LogP contribution in [0.1, 0.15) is 30.9 Å². The lowest BCUT2D eigenvalue weighted by Crippen LogP contribution is -2.36. The van der Waals surface area contributed by atoms with E-state index in [2.05, 4.69) is 44.1 Å². The first kappa shape index (κ1) is 18.5. The van der Waals surface area contributed by atoms with Crippen molar-refractivity contribution >= 4 is 28.6 Å². The smallest absolute Gasteiger partial charge is 0.225 e. The number of hydrogen-bond acceptors (Lipinski definition) is 5. The van der Waals surface area contributed by atoms with Crippen molar-refractivity contribution in [2.24, 2.45) is 0 Å². The summed E-state index contributed by atoms with van der Waals surface area (Å²) in [5.41, 5.74) is 3.45. The van der Waals surface area contributed by atoms with E-state index in [1.807, 2.05) is 12.1 Å². The standard InChI is InChI=1S/C21H27N3O2S/c25-21(7-10-24-9-1-2-20(24)17-8-15-27-16-17)22-18-3-5-19(6-4-18)23-11-13-26-14-12-23/h3-6,8,15-16,20H,1-2,7,9-14H2,(H,22,25)/t20-/m0/s1. The molecule has 0 aliphatic carbocycles.